The monoisotopic (exact) mass is 415 g/mol. The number of Topliss-reactive ketones (excluding diaryl/α,β-unsaturated/α-hetero) is 1. The fourth-order valence-corrected chi connectivity index (χ4v) is 3.60. The SMILES string of the molecule is COc1cccc(C(=O)NCC(=O)OCC(=O)c2ccc3c(c2)-c2ccccc2C3)c1. The Hall–Kier alpha value is -3.93. The summed E-state index contributed by atoms with van der Waals surface area (Å²) in [4.78, 5) is 36.6. The van der Waals surface area contributed by atoms with E-state index in [0.717, 1.165) is 17.5 Å². The van der Waals surface area contributed by atoms with Crippen molar-refractivity contribution in [3.63, 3.8) is 0 Å². The van der Waals surface area contributed by atoms with E-state index in [4.69, 9.17) is 9.47 Å². The van der Waals surface area contributed by atoms with Gasteiger partial charge in [0.05, 0.1) is 7.11 Å². The molecule has 0 aromatic heterocycles. The van der Waals surface area contributed by atoms with Gasteiger partial charge in [-0.1, -0.05) is 42.5 Å². The molecule has 0 fully saturated rings. The zero-order chi connectivity index (χ0) is 21.8. The van der Waals surface area contributed by atoms with E-state index in [1.807, 2.05) is 30.3 Å². The third-order valence-corrected chi connectivity index (χ3v) is 5.21. The average molecular weight is 415 g/mol. The second-order valence-electron chi connectivity index (χ2n) is 7.20. The predicted octanol–water partition coefficient (Wildman–Crippen LogP) is 3.42. The van der Waals surface area contributed by atoms with Crippen molar-refractivity contribution in [1.82, 2.24) is 5.32 Å². The smallest absolute Gasteiger partial charge is 0.325 e. The van der Waals surface area contributed by atoms with Crippen LogP contribution in [0.1, 0.15) is 31.8 Å². The molecule has 0 spiro atoms. The van der Waals surface area contributed by atoms with Crippen LogP contribution < -0.4 is 10.1 Å². The highest BCUT2D eigenvalue weighted by atomic mass is 16.5. The van der Waals surface area contributed by atoms with Gasteiger partial charge in [-0.25, -0.2) is 0 Å². The number of carbonyl (C=O) groups excluding carboxylic acids is 3. The molecule has 156 valence electrons. The standard InChI is InChI=1S/C25H21NO5/c1-30-20-7-4-6-19(12-20)25(29)26-14-24(28)31-15-23(27)18-10-9-17-11-16-5-2-3-8-21(16)22(17)13-18/h2-10,12-13H,11,14-15H2,1H3,(H,26,29). The number of hydrogen-bond donors (Lipinski definition) is 1. The summed E-state index contributed by atoms with van der Waals surface area (Å²) in [5, 5.41) is 2.48. The van der Waals surface area contributed by atoms with Crippen LogP contribution >= 0.6 is 0 Å². The minimum absolute atomic E-state index is 0.292. The molecule has 1 aliphatic carbocycles. The van der Waals surface area contributed by atoms with Crippen LogP contribution in [0, 0.1) is 0 Å². The Morgan fingerprint density at radius 2 is 1.68 bits per heavy atom. The van der Waals surface area contributed by atoms with Crippen molar-refractivity contribution in [3.8, 4) is 16.9 Å². The zero-order valence-electron chi connectivity index (χ0n) is 17.0. The molecule has 6 nitrogen and oxygen atoms in total. The highest BCUT2D eigenvalue weighted by Gasteiger charge is 2.20. The molecule has 0 aliphatic heterocycles. The summed E-state index contributed by atoms with van der Waals surface area (Å²) in [7, 11) is 1.51. The number of fused-ring (bicyclic) bond motifs is 3. The number of methoxy groups -OCH3 is 1. The van der Waals surface area contributed by atoms with Crippen LogP contribution in [0.2, 0.25) is 0 Å². The lowest BCUT2D eigenvalue weighted by atomic mass is 10.0. The molecule has 6 heteroatoms. The summed E-state index contributed by atoms with van der Waals surface area (Å²) in [6.07, 6.45) is 0.849. The molecule has 1 amide bonds. The lowest BCUT2D eigenvalue weighted by Crippen LogP contribution is -2.31. The topological polar surface area (TPSA) is 81.7 Å². The van der Waals surface area contributed by atoms with Gasteiger partial charge in [-0.2, -0.15) is 0 Å². The van der Waals surface area contributed by atoms with Gasteiger partial charge < -0.3 is 14.8 Å². The van der Waals surface area contributed by atoms with Gasteiger partial charge in [0.15, 0.2) is 12.4 Å². The third-order valence-electron chi connectivity index (χ3n) is 5.21. The number of ether oxygens (including phenoxy) is 2. The number of ketones is 1. The maximum atomic E-state index is 12.5. The minimum Gasteiger partial charge on any atom is -0.497 e. The van der Waals surface area contributed by atoms with E-state index in [0.29, 0.717) is 16.9 Å². The summed E-state index contributed by atoms with van der Waals surface area (Å²) in [5.41, 5.74) is 5.43. The molecule has 3 aromatic carbocycles. The Bertz CT molecular complexity index is 1170. The number of rotatable bonds is 7. The maximum absolute atomic E-state index is 12.5. The molecule has 0 heterocycles. The van der Waals surface area contributed by atoms with E-state index >= 15 is 0 Å². The second-order valence-corrected chi connectivity index (χ2v) is 7.20. The number of amides is 1. The van der Waals surface area contributed by atoms with Gasteiger partial charge in [-0.05, 0) is 52.9 Å². The van der Waals surface area contributed by atoms with Gasteiger partial charge in [0, 0.05) is 11.1 Å². The molecule has 0 atom stereocenters. The van der Waals surface area contributed by atoms with Gasteiger partial charge in [0.1, 0.15) is 12.3 Å². The Morgan fingerprint density at radius 1 is 0.871 bits per heavy atom. The summed E-state index contributed by atoms with van der Waals surface area (Å²) in [5.74, 6) is -0.868. The van der Waals surface area contributed by atoms with Crippen molar-refractivity contribution in [1.29, 1.82) is 0 Å². The first kappa shape index (κ1) is 20.3. The van der Waals surface area contributed by atoms with Crippen LogP contribution in [0.25, 0.3) is 11.1 Å². The van der Waals surface area contributed by atoms with Gasteiger partial charge in [-0.15, -0.1) is 0 Å². The normalized spacial score (nSPS) is 11.3. The minimum atomic E-state index is -0.684. The van der Waals surface area contributed by atoms with E-state index in [9.17, 15) is 14.4 Å². The second kappa shape index (κ2) is 8.83. The van der Waals surface area contributed by atoms with Crippen LogP contribution in [-0.4, -0.2) is 37.9 Å². The molecule has 0 saturated carbocycles. The molecule has 4 rings (SSSR count). The summed E-state index contributed by atoms with van der Waals surface area (Å²) in [6, 6.07) is 20.2. The first-order valence-corrected chi connectivity index (χ1v) is 9.87. The maximum Gasteiger partial charge on any atom is 0.325 e. The summed E-state index contributed by atoms with van der Waals surface area (Å²) < 4.78 is 10.1. The Kier molecular flexibility index (Phi) is 5.80. The Balaban J connectivity index is 1.31. The fraction of sp³-hybridized carbons (Fsp3) is 0.160. The van der Waals surface area contributed by atoms with Crippen molar-refractivity contribution < 1.29 is 23.9 Å². The van der Waals surface area contributed by atoms with E-state index < -0.39 is 11.9 Å². The van der Waals surface area contributed by atoms with Crippen LogP contribution in [0.3, 0.4) is 0 Å². The van der Waals surface area contributed by atoms with Crippen LogP contribution in [0.15, 0.2) is 66.7 Å². The number of nitrogens with one attached hydrogen (secondary N) is 1. The Morgan fingerprint density at radius 3 is 2.52 bits per heavy atom. The van der Waals surface area contributed by atoms with E-state index in [2.05, 4.69) is 11.4 Å². The fourth-order valence-electron chi connectivity index (χ4n) is 3.60. The summed E-state index contributed by atoms with van der Waals surface area (Å²) >= 11 is 0. The molecule has 0 saturated heterocycles. The molecule has 0 bridgehead atoms. The molecule has 3 aromatic rings. The van der Waals surface area contributed by atoms with Crippen LogP contribution in [0.5, 0.6) is 5.75 Å². The van der Waals surface area contributed by atoms with Gasteiger partial charge >= 0.3 is 5.97 Å². The highest BCUT2D eigenvalue weighted by molar-refractivity contribution is 6.00. The summed E-state index contributed by atoms with van der Waals surface area (Å²) in [6.45, 7) is -0.713. The third kappa shape index (κ3) is 4.48. The first-order chi connectivity index (χ1) is 15.0. The van der Waals surface area contributed by atoms with Crippen LogP contribution in [-0.2, 0) is 16.0 Å². The number of hydrogen-bond acceptors (Lipinski definition) is 5. The Labute approximate surface area is 179 Å². The molecule has 1 N–H and O–H groups in total. The lowest BCUT2D eigenvalue weighted by molar-refractivity contribution is -0.141. The van der Waals surface area contributed by atoms with Gasteiger partial charge in [0.25, 0.3) is 5.91 Å². The molecule has 0 unspecified atom stereocenters. The molecular formula is C25H21NO5. The lowest BCUT2D eigenvalue weighted by Gasteiger charge is -2.08. The van der Waals surface area contributed by atoms with E-state index in [-0.39, 0.29) is 18.9 Å². The van der Waals surface area contributed by atoms with Gasteiger partial charge in [-0.3, -0.25) is 14.4 Å². The van der Waals surface area contributed by atoms with Crippen molar-refractivity contribution in [2.45, 2.75) is 6.42 Å². The average Bonchev–Trinajstić information content (AvgIpc) is 3.18. The predicted molar refractivity (Wildman–Crippen MR) is 115 cm³/mol. The van der Waals surface area contributed by atoms with Crippen molar-refractivity contribution in [2.24, 2.45) is 0 Å². The molecule has 0 radical (unpaired) electrons. The van der Waals surface area contributed by atoms with E-state index in [1.165, 1.54) is 18.2 Å². The first-order valence-electron chi connectivity index (χ1n) is 9.87. The number of benzene rings is 3. The van der Waals surface area contributed by atoms with Crippen molar-refractivity contribution >= 4 is 17.7 Å². The number of carbonyl (C=O) groups is 3. The highest BCUT2D eigenvalue weighted by Crippen LogP contribution is 2.36. The van der Waals surface area contributed by atoms with Crippen molar-refractivity contribution in [2.75, 3.05) is 20.3 Å². The van der Waals surface area contributed by atoms with Crippen LogP contribution in [0.4, 0.5) is 0 Å². The quantitative estimate of drug-likeness (QED) is 0.369. The van der Waals surface area contributed by atoms with Gasteiger partial charge in [0.2, 0.25) is 0 Å². The molecule has 31 heavy (non-hydrogen) atoms. The van der Waals surface area contributed by atoms with E-state index in [1.54, 1.807) is 30.3 Å². The zero-order valence-corrected chi connectivity index (χ0v) is 17.0. The van der Waals surface area contributed by atoms with Crippen molar-refractivity contribution in [3.05, 3.63) is 89.0 Å². The largest absolute Gasteiger partial charge is 0.497 e. The number of esters is 1. The molecule has 1 aliphatic rings. The molecular weight excluding hydrogens is 394 g/mol.